The van der Waals surface area contributed by atoms with Gasteiger partial charge in [0.15, 0.2) is 9.84 Å². The Morgan fingerprint density at radius 3 is 2.71 bits per heavy atom. The molecule has 0 aromatic heterocycles. The molecule has 0 radical (unpaired) electrons. The second kappa shape index (κ2) is 4.66. The number of para-hydroxylation sites is 1. The molecular formula is C12H16O4S. The van der Waals surface area contributed by atoms with Crippen LogP contribution in [0.25, 0.3) is 0 Å². The molecule has 0 aliphatic carbocycles. The highest BCUT2D eigenvalue weighted by molar-refractivity contribution is 7.91. The molecule has 1 saturated heterocycles. The van der Waals surface area contributed by atoms with Crippen molar-refractivity contribution in [2.75, 3.05) is 11.5 Å². The predicted molar refractivity (Wildman–Crippen MR) is 64.8 cm³/mol. The molecule has 94 valence electrons. The summed E-state index contributed by atoms with van der Waals surface area (Å²) < 4.78 is 28.3. The summed E-state index contributed by atoms with van der Waals surface area (Å²) in [5, 5.41) is 9.58. The number of hydrogen-bond acceptors (Lipinski definition) is 4. The minimum Gasteiger partial charge on any atom is -0.489 e. The fraction of sp³-hybridized carbons (Fsp3) is 0.500. The van der Waals surface area contributed by atoms with E-state index < -0.39 is 15.9 Å². The van der Waals surface area contributed by atoms with Crippen LogP contribution in [0.5, 0.6) is 5.75 Å². The zero-order valence-electron chi connectivity index (χ0n) is 9.67. The van der Waals surface area contributed by atoms with E-state index in [1.54, 1.807) is 19.1 Å². The van der Waals surface area contributed by atoms with E-state index in [-0.39, 0.29) is 17.6 Å². The Morgan fingerprint density at radius 1 is 1.41 bits per heavy atom. The molecule has 1 aliphatic rings. The molecule has 2 rings (SSSR count). The van der Waals surface area contributed by atoms with Crippen molar-refractivity contribution in [1.29, 1.82) is 0 Å². The van der Waals surface area contributed by atoms with E-state index in [4.69, 9.17) is 4.74 Å². The monoisotopic (exact) mass is 256 g/mol. The Balaban J connectivity index is 2.14. The van der Waals surface area contributed by atoms with E-state index in [1.165, 1.54) is 0 Å². The third kappa shape index (κ3) is 2.98. The van der Waals surface area contributed by atoms with Gasteiger partial charge < -0.3 is 9.84 Å². The molecule has 17 heavy (non-hydrogen) atoms. The number of aliphatic hydroxyl groups excluding tert-OH is 1. The minimum atomic E-state index is -2.94. The van der Waals surface area contributed by atoms with Crippen LogP contribution in [0.4, 0.5) is 0 Å². The predicted octanol–water partition coefficient (Wildman–Crippen LogP) is 1.31. The van der Waals surface area contributed by atoms with Crippen LogP contribution in [0, 0.1) is 0 Å². The highest BCUT2D eigenvalue weighted by Crippen LogP contribution is 2.27. The maximum Gasteiger partial charge on any atom is 0.154 e. The molecule has 1 aliphatic heterocycles. The first-order chi connectivity index (χ1) is 7.98. The third-order valence-corrected chi connectivity index (χ3v) is 4.59. The molecule has 0 bridgehead atoms. The van der Waals surface area contributed by atoms with Gasteiger partial charge in [0, 0.05) is 5.56 Å². The average Bonchev–Trinajstić information content (AvgIpc) is 2.58. The van der Waals surface area contributed by atoms with E-state index in [1.807, 2.05) is 12.1 Å². The topological polar surface area (TPSA) is 63.6 Å². The maximum absolute atomic E-state index is 11.3. The van der Waals surface area contributed by atoms with Crippen LogP contribution in [0.15, 0.2) is 24.3 Å². The molecule has 0 spiro atoms. The molecule has 5 heteroatoms. The van der Waals surface area contributed by atoms with Crippen LogP contribution < -0.4 is 4.74 Å². The van der Waals surface area contributed by atoms with E-state index in [0.717, 1.165) is 0 Å². The lowest BCUT2D eigenvalue weighted by Gasteiger charge is -2.16. The zero-order chi connectivity index (χ0) is 12.5. The van der Waals surface area contributed by atoms with Crippen LogP contribution in [-0.2, 0) is 9.84 Å². The van der Waals surface area contributed by atoms with Crippen molar-refractivity contribution >= 4 is 9.84 Å². The summed E-state index contributed by atoms with van der Waals surface area (Å²) in [6.07, 6.45) is -0.389. The number of sulfone groups is 1. The number of rotatable bonds is 3. The van der Waals surface area contributed by atoms with Crippen LogP contribution in [0.3, 0.4) is 0 Å². The van der Waals surface area contributed by atoms with Crippen molar-refractivity contribution in [1.82, 2.24) is 0 Å². The minimum absolute atomic E-state index is 0.0706. The largest absolute Gasteiger partial charge is 0.489 e. The second-order valence-corrected chi connectivity index (χ2v) is 6.59. The highest BCUT2D eigenvalue weighted by Gasteiger charge is 2.29. The van der Waals surface area contributed by atoms with E-state index in [0.29, 0.717) is 17.7 Å². The quantitative estimate of drug-likeness (QED) is 0.885. The van der Waals surface area contributed by atoms with Crippen LogP contribution in [0.2, 0.25) is 0 Å². The molecule has 1 heterocycles. The second-order valence-electron chi connectivity index (χ2n) is 4.36. The molecule has 1 fully saturated rings. The van der Waals surface area contributed by atoms with Gasteiger partial charge in [0.25, 0.3) is 0 Å². The van der Waals surface area contributed by atoms with Gasteiger partial charge in [-0.2, -0.15) is 0 Å². The third-order valence-electron chi connectivity index (χ3n) is 2.85. The lowest BCUT2D eigenvalue weighted by molar-refractivity contribution is 0.180. The summed E-state index contributed by atoms with van der Waals surface area (Å²) in [6.45, 7) is 1.66. The van der Waals surface area contributed by atoms with Gasteiger partial charge in [-0.3, -0.25) is 0 Å². The summed E-state index contributed by atoms with van der Waals surface area (Å²) in [6, 6.07) is 7.17. The number of hydrogen-bond donors (Lipinski definition) is 1. The molecule has 0 saturated carbocycles. The summed E-state index contributed by atoms with van der Waals surface area (Å²) >= 11 is 0. The van der Waals surface area contributed by atoms with E-state index in [9.17, 15) is 13.5 Å². The number of aliphatic hydroxyl groups is 1. The van der Waals surface area contributed by atoms with Gasteiger partial charge in [-0.25, -0.2) is 8.42 Å². The van der Waals surface area contributed by atoms with Gasteiger partial charge in [-0.1, -0.05) is 18.2 Å². The fourth-order valence-electron chi connectivity index (χ4n) is 1.97. The standard InChI is InChI=1S/C12H16O4S/c1-9(13)11-4-2-3-5-12(11)16-10-6-7-17(14,15)8-10/h2-5,9-10,13H,6-8H2,1H3/t9-,10?/m0/s1. The van der Waals surface area contributed by atoms with Gasteiger partial charge >= 0.3 is 0 Å². The molecule has 1 N–H and O–H groups in total. The van der Waals surface area contributed by atoms with Gasteiger partial charge in [0.05, 0.1) is 17.6 Å². The fourth-order valence-corrected chi connectivity index (χ4v) is 3.56. The van der Waals surface area contributed by atoms with Crippen molar-refractivity contribution in [3.8, 4) is 5.75 Å². The SMILES string of the molecule is C[C@H](O)c1ccccc1OC1CCS(=O)(=O)C1. The average molecular weight is 256 g/mol. The van der Waals surface area contributed by atoms with Crippen molar-refractivity contribution in [2.45, 2.75) is 25.6 Å². The number of benzene rings is 1. The van der Waals surface area contributed by atoms with Gasteiger partial charge in [-0.05, 0) is 19.4 Å². The lowest BCUT2D eigenvalue weighted by Crippen LogP contribution is -2.18. The molecule has 1 unspecified atom stereocenters. The van der Waals surface area contributed by atoms with Gasteiger partial charge in [0.2, 0.25) is 0 Å². The summed E-state index contributed by atoms with van der Waals surface area (Å²) in [5.74, 6) is 0.833. The van der Waals surface area contributed by atoms with Crippen LogP contribution in [-0.4, -0.2) is 31.1 Å². The van der Waals surface area contributed by atoms with Crippen molar-refractivity contribution in [2.24, 2.45) is 0 Å². The van der Waals surface area contributed by atoms with Crippen molar-refractivity contribution < 1.29 is 18.3 Å². The van der Waals surface area contributed by atoms with E-state index in [2.05, 4.69) is 0 Å². The Morgan fingerprint density at radius 2 is 2.12 bits per heavy atom. The molecule has 1 aromatic carbocycles. The van der Waals surface area contributed by atoms with Crippen molar-refractivity contribution in [3.05, 3.63) is 29.8 Å². The molecule has 4 nitrogen and oxygen atoms in total. The van der Waals surface area contributed by atoms with Gasteiger partial charge in [-0.15, -0.1) is 0 Å². The Labute approximate surface area is 101 Å². The summed E-state index contributed by atoms with van der Waals surface area (Å²) in [4.78, 5) is 0. The molecule has 2 atom stereocenters. The van der Waals surface area contributed by atoms with Crippen molar-refractivity contribution in [3.63, 3.8) is 0 Å². The first kappa shape index (κ1) is 12.4. The number of ether oxygens (including phenoxy) is 1. The summed E-state index contributed by atoms with van der Waals surface area (Å²) in [5.41, 5.74) is 0.691. The van der Waals surface area contributed by atoms with Crippen LogP contribution in [0.1, 0.15) is 25.0 Å². The van der Waals surface area contributed by atoms with E-state index >= 15 is 0 Å². The zero-order valence-corrected chi connectivity index (χ0v) is 10.5. The lowest BCUT2D eigenvalue weighted by atomic mass is 10.1. The molecule has 1 aromatic rings. The normalized spacial score (nSPS) is 24.5. The van der Waals surface area contributed by atoms with Crippen LogP contribution >= 0.6 is 0 Å². The Kier molecular flexibility index (Phi) is 3.40. The summed E-state index contributed by atoms with van der Waals surface area (Å²) in [7, 11) is -2.94. The molecule has 0 amide bonds. The smallest absolute Gasteiger partial charge is 0.154 e. The Hall–Kier alpha value is -1.07. The Bertz CT molecular complexity index is 493. The highest BCUT2D eigenvalue weighted by atomic mass is 32.2. The molecular weight excluding hydrogens is 240 g/mol. The first-order valence-corrected chi connectivity index (χ1v) is 7.44. The maximum atomic E-state index is 11.3. The van der Waals surface area contributed by atoms with Gasteiger partial charge in [0.1, 0.15) is 11.9 Å². The first-order valence-electron chi connectivity index (χ1n) is 5.62.